The summed E-state index contributed by atoms with van der Waals surface area (Å²) in [6, 6.07) is 2.64. The van der Waals surface area contributed by atoms with Crippen LogP contribution in [0.4, 0.5) is 0 Å². The standard InChI is InChI=1S/C18H29NO/c1-13(2)8-14-4-3-7-18(20,11-14)17(12-19)10-15-5-6-16(17)9-15/h13-16,20H,3-11H2,1-2H3. The molecule has 3 aliphatic rings. The van der Waals surface area contributed by atoms with E-state index in [1.165, 1.54) is 32.1 Å². The molecule has 2 nitrogen and oxygen atoms in total. The van der Waals surface area contributed by atoms with Crippen LogP contribution >= 0.6 is 0 Å². The minimum absolute atomic E-state index is 0.411. The largest absolute Gasteiger partial charge is 0.388 e. The average molecular weight is 275 g/mol. The molecule has 0 heterocycles. The summed E-state index contributed by atoms with van der Waals surface area (Å²) in [7, 11) is 0. The van der Waals surface area contributed by atoms with Crippen molar-refractivity contribution >= 4 is 0 Å². The molecular formula is C18H29NO. The van der Waals surface area contributed by atoms with Gasteiger partial charge in [0.15, 0.2) is 0 Å². The monoisotopic (exact) mass is 275 g/mol. The van der Waals surface area contributed by atoms with Crippen molar-refractivity contribution in [2.45, 2.75) is 77.2 Å². The zero-order valence-corrected chi connectivity index (χ0v) is 13.1. The van der Waals surface area contributed by atoms with Gasteiger partial charge in [0.25, 0.3) is 0 Å². The van der Waals surface area contributed by atoms with Gasteiger partial charge in [-0.15, -0.1) is 0 Å². The van der Waals surface area contributed by atoms with E-state index in [4.69, 9.17) is 0 Å². The second-order valence-corrected chi connectivity index (χ2v) is 8.29. The molecule has 3 aliphatic carbocycles. The Morgan fingerprint density at radius 1 is 1.25 bits per heavy atom. The minimum Gasteiger partial charge on any atom is -0.388 e. The summed E-state index contributed by atoms with van der Waals surface area (Å²) >= 11 is 0. The fraction of sp³-hybridized carbons (Fsp3) is 0.944. The first kappa shape index (κ1) is 14.4. The van der Waals surface area contributed by atoms with Gasteiger partial charge in [-0.1, -0.05) is 33.1 Å². The molecule has 20 heavy (non-hydrogen) atoms. The second kappa shape index (κ2) is 5.02. The van der Waals surface area contributed by atoms with Gasteiger partial charge in [-0.25, -0.2) is 0 Å². The number of hydrogen-bond donors (Lipinski definition) is 1. The fourth-order valence-electron chi connectivity index (χ4n) is 5.78. The summed E-state index contributed by atoms with van der Waals surface area (Å²) < 4.78 is 0. The molecule has 1 N–H and O–H groups in total. The maximum absolute atomic E-state index is 11.4. The van der Waals surface area contributed by atoms with Gasteiger partial charge in [0.2, 0.25) is 0 Å². The van der Waals surface area contributed by atoms with E-state index in [9.17, 15) is 10.4 Å². The van der Waals surface area contributed by atoms with Gasteiger partial charge < -0.3 is 5.11 Å². The lowest BCUT2D eigenvalue weighted by Crippen LogP contribution is -2.53. The summed E-state index contributed by atoms with van der Waals surface area (Å²) in [6.45, 7) is 4.54. The van der Waals surface area contributed by atoms with Gasteiger partial charge in [-0.2, -0.15) is 5.26 Å². The average Bonchev–Trinajstić information content (AvgIpc) is 2.98. The first-order chi connectivity index (χ1) is 9.49. The topological polar surface area (TPSA) is 44.0 Å². The van der Waals surface area contributed by atoms with Crippen LogP contribution in [0.1, 0.15) is 71.6 Å². The molecule has 5 atom stereocenters. The highest BCUT2D eigenvalue weighted by Gasteiger charge is 2.62. The lowest BCUT2D eigenvalue weighted by atomic mass is 9.57. The predicted octanol–water partition coefficient (Wildman–Crippen LogP) is 4.28. The van der Waals surface area contributed by atoms with E-state index in [0.29, 0.717) is 23.7 Å². The molecule has 0 aromatic rings. The van der Waals surface area contributed by atoms with Gasteiger partial charge >= 0.3 is 0 Å². The van der Waals surface area contributed by atoms with Crippen LogP contribution in [0.15, 0.2) is 0 Å². The highest BCUT2D eigenvalue weighted by Crippen LogP contribution is 2.63. The van der Waals surface area contributed by atoms with Crippen LogP contribution in [0.25, 0.3) is 0 Å². The molecule has 3 saturated carbocycles. The summed E-state index contributed by atoms with van der Waals surface area (Å²) in [5, 5.41) is 21.3. The van der Waals surface area contributed by atoms with Gasteiger partial charge in [0.1, 0.15) is 0 Å². The maximum Gasteiger partial charge on any atom is 0.0891 e. The van der Waals surface area contributed by atoms with Crippen molar-refractivity contribution in [3.8, 4) is 6.07 Å². The van der Waals surface area contributed by atoms with Crippen molar-refractivity contribution in [3.63, 3.8) is 0 Å². The van der Waals surface area contributed by atoms with Crippen LogP contribution in [0.3, 0.4) is 0 Å². The van der Waals surface area contributed by atoms with Crippen LogP contribution in [0.5, 0.6) is 0 Å². The minimum atomic E-state index is -0.695. The van der Waals surface area contributed by atoms with Crippen molar-refractivity contribution in [1.82, 2.24) is 0 Å². The Bertz CT molecular complexity index is 412. The van der Waals surface area contributed by atoms with Crippen molar-refractivity contribution < 1.29 is 5.11 Å². The molecular weight excluding hydrogens is 246 g/mol. The van der Waals surface area contributed by atoms with Crippen molar-refractivity contribution in [3.05, 3.63) is 0 Å². The number of aliphatic hydroxyl groups is 1. The Balaban J connectivity index is 1.82. The van der Waals surface area contributed by atoms with Gasteiger partial charge in [0.05, 0.1) is 17.1 Å². The van der Waals surface area contributed by atoms with E-state index in [2.05, 4.69) is 19.9 Å². The van der Waals surface area contributed by atoms with E-state index in [-0.39, 0.29) is 0 Å². The third-order valence-corrected chi connectivity index (χ3v) is 6.51. The van der Waals surface area contributed by atoms with Crippen LogP contribution in [-0.4, -0.2) is 10.7 Å². The van der Waals surface area contributed by atoms with Crippen molar-refractivity contribution in [2.24, 2.45) is 29.1 Å². The molecule has 0 aromatic carbocycles. The zero-order chi connectivity index (χ0) is 14.4. The smallest absolute Gasteiger partial charge is 0.0891 e. The third kappa shape index (κ3) is 2.10. The van der Waals surface area contributed by atoms with Crippen molar-refractivity contribution in [1.29, 1.82) is 5.26 Å². The molecule has 0 radical (unpaired) electrons. The van der Waals surface area contributed by atoms with Crippen LogP contribution in [-0.2, 0) is 0 Å². The molecule has 3 fully saturated rings. The molecule has 0 aromatic heterocycles. The lowest BCUT2D eigenvalue weighted by molar-refractivity contribution is -0.119. The predicted molar refractivity (Wildman–Crippen MR) is 79.9 cm³/mol. The molecule has 3 rings (SSSR count). The Morgan fingerprint density at radius 3 is 2.60 bits per heavy atom. The summed E-state index contributed by atoms with van der Waals surface area (Å²) in [5.41, 5.74) is -1.11. The van der Waals surface area contributed by atoms with Gasteiger partial charge in [0, 0.05) is 0 Å². The first-order valence-electron chi connectivity index (χ1n) is 8.63. The Labute approximate surface area is 123 Å². The fourth-order valence-corrected chi connectivity index (χ4v) is 5.78. The Morgan fingerprint density at radius 2 is 2.05 bits per heavy atom. The van der Waals surface area contributed by atoms with Crippen molar-refractivity contribution in [2.75, 3.05) is 0 Å². The quantitative estimate of drug-likeness (QED) is 0.835. The Kier molecular flexibility index (Phi) is 3.61. The van der Waals surface area contributed by atoms with E-state index in [1.54, 1.807) is 0 Å². The van der Waals surface area contributed by atoms with E-state index in [1.807, 2.05) is 0 Å². The number of nitriles is 1. The highest BCUT2D eigenvalue weighted by atomic mass is 16.3. The molecule has 0 spiro atoms. The number of rotatable bonds is 3. The molecule has 0 amide bonds. The molecule has 0 aliphatic heterocycles. The van der Waals surface area contributed by atoms with Crippen LogP contribution < -0.4 is 0 Å². The molecule has 0 saturated heterocycles. The van der Waals surface area contributed by atoms with E-state index in [0.717, 1.165) is 25.7 Å². The first-order valence-corrected chi connectivity index (χ1v) is 8.63. The van der Waals surface area contributed by atoms with Crippen LogP contribution in [0.2, 0.25) is 0 Å². The molecule has 5 unspecified atom stereocenters. The lowest BCUT2D eigenvalue weighted by Gasteiger charge is -2.49. The molecule has 112 valence electrons. The third-order valence-electron chi connectivity index (χ3n) is 6.51. The Hall–Kier alpha value is -0.550. The van der Waals surface area contributed by atoms with E-state index < -0.39 is 11.0 Å². The van der Waals surface area contributed by atoms with Gasteiger partial charge in [-0.05, 0) is 62.2 Å². The molecule has 2 bridgehead atoms. The number of fused-ring (bicyclic) bond motifs is 2. The normalized spacial score (nSPS) is 47.6. The summed E-state index contributed by atoms with van der Waals surface area (Å²) in [5.74, 6) is 2.51. The molecule has 2 heteroatoms. The maximum atomic E-state index is 11.4. The van der Waals surface area contributed by atoms with E-state index >= 15 is 0 Å². The number of nitrogens with zero attached hydrogens (tertiary/aromatic N) is 1. The SMILES string of the molecule is CC(C)CC1CCCC(O)(C2(C#N)CC3CCC2C3)C1. The second-order valence-electron chi connectivity index (χ2n) is 8.29. The van der Waals surface area contributed by atoms with Crippen LogP contribution in [0, 0.1) is 40.4 Å². The zero-order valence-electron chi connectivity index (χ0n) is 13.1. The summed E-state index contributed by atoms with van der Waals surface area (Å²) in [6.07, 6.45) is 9.93. The van der Waals surface area contributed by atoms with Gasteiger partial charge in [-0.3, -0.25) is 0 Å². The highest BCUT2D eigenvalue weighted by molar-refractivity contribution is 5.21. The number of hydrogen-bond acceptors (Lipinski definition) is 2. The summed E-state index contributed by atoms with van der Waals surface area (Å²) in [4.78, 5) is 0.